The molecule has 0 saturated carbocycles. The lowest BCUT2D eigenvalue weighted by Gasteiger charge is -2.36. The van der Waals surface area contributed by atoms with Gasteiger partial charge in [0.1, 0.15) is 5.69 Å². The summed E-state index contributed by atoms with van der Waals surface area (Å²) in [6.07, 6.45) is 0.693. The van der Waals surface area contributed by atoms with Crippen LogP contribution in [0.3, 0.4) is 0 Å². The Morgan fingerprint density at radius 3 is 2.22 bits per heavy atom. The van der Waals surface area contributed by atoms with Crippen molar-refractivity contribution >= 4 is 62.3 Å². The second-order valence-electron chi connectivity index (χ2n) is 16.2. The van der Waals surface area contributed by atoms with Crippen LogP contribution < -0.4 is 20.3 Å². The Kier molecular flexibility index (Phi) is 15.6. The normalized spacial score (nSPS) is 15.2. The van der Waals surface area contributed by atoms with Crippen LogP contribution in [0.5, 0.6) is 0 Å². The molecule has 5 aromatic carbocycles. The van der Waals surface area contributed by atoms with Gasteiger partial charge in [-0.05, 0) is 117 Å². The van der Waals surface area contributed by atoms with Crippen LogP contribution >= 0.6 is 23.4 Å². The van der Waals surface area contributed by atoms with Crippen molar-refractivity contribution in [3.8, 4) is 11.1 Å². The highest BCUT2D eigenvalue weighted by Crippen LogP contribution is 2.31. The van der Waals surface area contributed by atoms with Gasteiger partial charge in [0.25, 0.3) is 27.5 Å². The number of hydrogen-bond acceptors (Lipinski definition) is 12. The van der Waals surface area contributed by atoms with Crippen molar-refractivity contribution in [1.29, 1.82) is 0 Å². The van der Waals surface area contributed by atoms with Gasteiger partial charge in [0.2, 0.25) is 0 Å². The van der Waals surface area contributed by atoms with E-state index in [0.717, 1.165) is 66.1 Å². The fourth-order valence-electron chi connectivity index (χ4n) is 7.78. The summed E-state index contributed by atoms with van der Waals surface area (Å²) in [4.78, 5) is 47.6. The van der Waals surface area contributed by atoms with Crippen LogP contribution in [0, 0.1) is 10.1 Å². The number of halogens is 1. The molecule has 0 aliphatic carbocycles. The number of nitrogens with one attached hydrogen (secondary N) is 3. The Morgan fingerprint density at radius 2 is 1.55 bits per heavy atom. The number of hydrogen-bond donors (Lipinski definition) is 3. The third kappa shape index (κ3) is 12.2. The molecule has 2 amide bonds. The maximum atomic E-state index is 13.5. The summed E-state index contributed by atoms with van der Waals surface area (Å²) in [5, 5.41) is 19.5. The van der Waals surface area contributed by atoms with Crippen LogP contribution in [0.25, 0.3) is 11.1 Å². The summed E-state index contributed by atoms with van der Waals surface area (Å²) in [7, 11) is -0.554. The van der Waals surface area contributed by atoms with Crippen LogP contribution in [0.1, 0.15) is 32.7 Å². The molecule has 14 nitrogen and oxygen atoms in total. The zero-order chi connectivity index (χ0) is 45.2. The average Bonchev–Trinajstić information content (AvgIpc) is 3.30. The second-order valence-corrected chi connectivity index (χ2v) is 19.4. The van der Waals surface area contributed by atoms with Crippen molar-refractivity contribution in [3.05, 3.63) is 147 Å². The van der Waals surface area contributed by atoms with E-state index in [0.29, 0.717) is 55.5 Å². The molecule has 1 unspecified atom stereocenters. The van der Waals surface area contributed by atoms with Crippen molar-refractivity contribution in [1.82, 2.24) is 24.7 Å². The lowest BCUT2D eigenvalue weighted by Crippen LogP contribution is -2.46. The van der Waals surface area contributed by atoms with Gasteiger partial charge in [-0.1, -0.05) is 48.0 Å². The fourth-order valence-corrected chi connectivity index (χ4v) is 9.90. The predicted octanol–water partition coefficient (Wildman–Crippen LogP) is 6.93. The third-order valence-electron chi connectivity index (χ3n) is 11.4. The Balaban J connectivity index is 0.973. The molecule has 0 radical (unpaired) electrons. The SMILES string of the molecule is CN(C)CCC(CSc1ccccc1)Nc1ccc(S(=O)(=O)NC(=O)c2ccc(N3CCN(Cc4cc(C(=O)N5CCNCC5)ccc4-c4ccc(Cl)cc4)CC3)cc2)cc1[N+](=O)[O-]. The minimum atomic E-state index is -4.46. The third-order valence-corrected chi connectivity index (χ3v) is 14.1. The van der Waals surface area contributed by atoms with Gasteiger partial charge in [-0.25, -0.2) is 13.1 Å². The first-order valence-electron chi connectivity index (χ1n) is 21.2. The maximum Gasteiger partial charge on any atom is 0.293 e. The largest absolute Gasteiger partial charge is 0.376 e. The Labute approximate surface area is 384 Å². The maximum absolute atomic E-state index is 13.5. The van der Waals surface area contributed by atoms with E-state index in [4.69, 9.17) is 11.6 Å². The number of piperazine rings is 2. The quantitative estimate of drug-likeness (QED) is 0.0503. The van der Waals surface area contributed by atoms with Gasteiger partial charge in [0, 0.05) is 103 Å². The van der Waals surface area contributed by atoms with E-state index in [1.165, 1.54) is 12.1 Å². The Bertz CT molecular complexity index is 2520. The molecule has 2 aliphatic rings. The van der Waals surface area contributed by atoms with Crippen molar-refractivity contribution in [3.63, 3.8) is 0 Å². The zero-order valence-corrected chi connectivity index (χ0v) is 38.3. The van der Waals surface area contributed by atoms with E-state index < -0.39 is 31.4 Å². The number of thioether (sulfide) groups is 1. The smallest absolute Gasteiger partial charge is 0.293 e. The van der Waals surface area contributed by atoms with E-state index in [9.17, 15) is 28.1 Å². The fraction of sp³-hybridized carbons (Fsp3) is 0.319. The van der Waals surface area contributed by atoms with E-state index in [2.05, 4.69) is 25.2 Å². The van der Waals surface area contributed by atoms with Crippen LogP contribution in [-0.2, 0) is 16.6 Å². The molecule has 2 heterocycles. The minimum Gasteiger partial charge on any atom is -0.376 e. The van der Waals surface area contributed by atoms with Crippen LogP contribution in [0.15, 0.2) is 125 Å². The van der Waals surface area contributed by atoms with Gasteiger partial charge in [-0.2, -0.15) is 0 Å². The number of sulfonamides is 1. The molecule has 0 aromatic heterocycles. The molecule has 2 fully saturated rings. The standard InChI is InChI=1S/C47H53ClN8O6S2/c1-52(2)23-20-39(33-63-41-6-4-3-5-7-41)50-44-19-17-42(31-45(44)56(59)60)64(61,62)51-46(57)35-10-15-40(16-11-35)54-28-26-53(27-29-54)32-37-30-36(47(58)55-24-21-49-22-25-55)12-18-43(37)34-8-13-38(48)14-9-34/h3-19,30-31,39,49-50H,20-29,32-33H2,1-2H3,(H,51,57). The van der Waals surface area contributed by atoms with Crippen LogP contribution in [0.4, 0.5) is 17.1 Å². The predicted molar refractivity (Wildman–Crippen MR) is 255 cm³/mol. The monoisotopic (exact) mass is 924 g/mol. The van der Waals surface area contributed by atoms with Crippen molar-refractivity contribution < 1.29 is 22.9 Å². The number of nitro benzene ring substituents is 1. The average molecular weight is 926 g/mol. The van der Waals surface area contributed by atoms with Gasteiger partial charge < -0.3 is 25.3 Å². The van der Waals surface area contributed by atoms with Crippen molar-refractivity contribution in [2.45, 2.75) is 28.8 Å². The molecular weight excluding hydrogens is 872 g/mol. The van der Waals surface area contributed by atoms with E-state index >= 15 is 0 Å². The molecule has 0 spiro atoms. The van der Waals surface area contributed by atoms with Gasteiger partial charge >= 0.3 is 0 Å². The number of carbonyl (C=O) groups excluding carboxylic acids is 2. The molecule has 0 bridgehead atoms. The van der Waals surface area contributed by atoms with Gasteiger partial charge in [-0.15, -0.1) is 11.8 Å². The number of nitro groups is 1. The van der Waals surface area contributed by atoms with Crippen molar-refractivity contribution in [2.75, 3.05) is 89.0 Å². The number of anilines is 2. The number of carbonyl (C=O) groups is 2. The topological polar surface area (TPSA) is 160 Å². The minimum absolute atomic E-state index is 0.0325. The highest BCUT2D eigenvalue weighted by molar-refractivity contribution is 7.99. The van der Waals surface area contributed by atoms with Crippen molar-refractivity contribution in [2.24, 2.45) is 0 Å². The molecule has 1 atom stereocenters. The summed E-state index contributed by atoms with van der Waals surface area (Å²) in [5.41, 5.74) is 4.60. The van der Waals surface area contributed by atoms with Gasteiger partial charge in [-0.3, -0.25) is 24.6 Å². The molecule has 5 aromatic rings. The second kappa shape index (κ2) is 21.5. The van der Waals surface area contributed by atoms with Crippen LogP contribution in [-0.4, -0.2) is 125 Å². The summed E-state index contributed by atoms with van der Waals surface area (Å²) in [6, 6.07) is 33.7. The first-order chi connectivity index (χ1) is 30.8. The summed E-state index contributed by atoms with van der Waals surface area (Å²) in [6.45, 7) is 7.21. The first kappa shape index (κ1) is 46.5. The van der Waals surface area contributed by atoms with E-state index in [1.807, 2.05) is 96.7 Å². The van der Waals surface area contributed by atoms with E-state index in [-0.39, 0.29) is 23.2 Å². The molecule has 7 rings (SSSR count). The van der Waals surface area contributed by atoms with E-state index in [1.54, 1.807) is 36.0 Å². The number of rotatable bonds is 17. The molecule has 336 valence electrons. The highest BCUT2D eigenvalue weighted by atomic mass is 35.5. The Hall–Kier alpha value is -5.49. The molecule has 17 heteroatoms. The summed E-state index contributed by atoms with van der Waals surface area (Å²) in [5.74, 6) is -0.189. The highest BCUT2D eigenvalue weighted by Gasteiger charge is 2.27. The molecule has 64 heavy (non-hydrogen) atoms. The number of benzene rings is 5. The van der Waals surface area contributed by atoms with Gasteiger partial charge in [0.05, 0.1) is 9.82 Å². The summed E-state index contributed by atoms with van der Waals surface area (Å²) >= 11 is 7.84. The molecule has 2 aliphatic heterocycles. The number of nitrogens with zero attached hydrogens (tertiary/aromatic N) is 5. The molecule has 2 saturated heterocycles. The zero-order valence-electron chi connectivity index (χ0n) is 35.9. The summed E-state index contributed by atoms with van der Waals surface area (Å²) < 4.78 is 29.0. The van der Waals surface area contributed by atoms with Gasteiger partial charge in [0.15, 0.2) is 0 Å². The Morgan fingerprint density at radius 1 is 0.859 bits per heavy atom. The first-order valence-corrected chi connectivity index (χ1v) is 24.1. The molecular formula is C47H53ClN8O6S2. The molecule has 3 N–H and O–H groups in total. The lowest BCUT2D eigenvalue weighted by molar-refractivity contribution is -0.384. The lowest BCUT2D eigenvalue weighted by atomic mass is 9.96. The van der Waals surface area contributed by atoms with Crippen LogP contribution in [0.2, 0.25) is 5.02 Å². The number of amides is 2.